The SMILES string of the molecule is NC(CS)C(=O)OS(=O)(=O)O. The van der Waals surface area contributed by atoms with Crippen LogP contribution in [0.15, 0.2) is 0 Å². The predicted octanol–water partition coefficient (Wildman–Crippen LogP) is -1.41. The van der Waals surface area contributed by atoms with E-state index >= 15 is 0 Å². The minimum Gasteiger partial charge on any atom is -0.323 e. The van der Waals surface area contributed by atoms with Crippen LogP contribution in [-0.2, 0) is 19.4 Å². The maximum absolute atomic E-state index is 10.5. The molecule has 0 bridgehead atoms. The van der Waals surface area contributed by atoms with Gasteiger partial charge in [0, 0.05) is 5.75 Å². The van der Waals surface area contributed by atoms with Gasteiger partial charge in [0.15, 0.2) is 0 Å². The molecular formula is C3H7NO5S2. The Kier molecular flexibility index (Phi) is 3.79. The van der Waals surface area contributed by atoms with Crippen LogP contribution < -0.4 is 5.73 Å². The minimum atomic E-state index is -4.74. The van der Waals surface area contributed by atoms with Gasteiger partial charge in [0.2, 0.25) is 0 Å². The van der Waals surface area contributed by atoms with E-state index in [-0.39, 0.29) is 5.75 Å². The lowest BCUT2D eigenvalue weighted by atomic mass is 10.4. The maximum atomic E-state index is 10.5. The lowest BCUT2D eigenvalue weighted by molar-refractivity contribution is -0.135. The fourth-order valence-electron chi connectivity index (χ4n) is 0.240. The summed E-state index contributed by atoms with van der Waals surface area (Å²) in [5.74, 6) is -1.29. The molecule has 0 aliphatic rings. The zero-order chi connectivity index (χ0) is 9.07. The monoisotopic (exact) mass is 201 g/mol. The predicted molar refractivity (Wildman–Crippen MR) is 39.5 cm³/mol. The molecule has 0 amide bonds. The Labute approximate surface area is 69.1 Å². The van der Waals surface area contributed by atoms with E-state index < -0.39 is 22.4 Å². The molecule has 11 heavy (non-hydrogen) atoms. The Hall–Kier alpha value is -0.310. The van der Waals surface area contributed by atoms with E-state index in [2.05, 4.69) is 16.8 Å². The van der Waals surface area contributed by atoms with Gasteiger partial charge in [0.25, 0.3) is 0 Å². The summed E-state index contributed by atoms with van der Waals surface area (Å²) in [7, 11) is -4.74. The van der Waals surface area contributed by atoms with Crippen LogP contribution in [0.5, 0.6) is 0 Å². The molecule has 0 saturated heterocycles. The molecule has 0 aliphatic heterocycles. The molecule has 0 saturated carbocycles. The summed E-state index contributed by atoms with van der Waals surface area (Å²) in [6.07, 6.45) is 0. The summed E-state index contributed by atoms with van der Waals surface area (Å²) in [5.41, 5.74) is 5.00. The van der Waals surface area contributed by atoms with Crippen molar-refractivity contribution in [3.63, 3.8) is 0 Å². The summed E-state index contributed by atoms with van der Waals surface area (Å²) >= 11 is 3.60. The largest absolute Gasteiger partial charge is 0.449 e. The zero-order valence-corrected chi connectivity index (χ0v) is 7.01. The van der Waals surface area contributed by atoms with Gasteiger partial charge in [-0.3, -0.25) is 4.55 Å². The first-order valence-corrected chi connectivity index (χ1v) is 4.43. The van der Waals surface area contributed by atoms with Crippen molar-refractivity contribution in [1.82, 2.24) is 0 Å². The van der Waals surface area contributed by atoms with Gasteiger partial charge in [-0.15, -0.1) is 0 Å². The van der Waals surface area contributed by atoms with Crippen LogP contribution in [0.25, 0.3) is 0 Å². The van der Waals surface area contributed by atoms with Crippen LogP contribution in [0.2, 0.25) is 0 Å². The summed E-state index contributed by atoms with van der Waals surface area (Å²) < 4.78 is 31.3. The van der Waals surface area contributed by atoms with Crippen molar-refractivity contribution in [2.45, 2.75) is 6.04 Å². The fraction of sp³-hybridized carbons (Fsp3) is 0.667. The number of hydrogen-bond acceptors (Lipinski definition) is 6. The molecule has 3 N–H and O–H groups in total. The highest BCUT2D eigenvalue weighted by Gasteiger charge is 2.19. The minimum absolute atomic E-state index is 0.0612. The van der Waals surface area contributed by atoms with Crippen molar-refractivity contribution in [3.8, 4) is 0 Å². The van der Waals surface area contributed by atoms with Crippen molar-refractivity contribution in [2.75, 3.05) is 5.75 Å². The average molecular weight is 201 g/mol. The molecule has 6 nitrogen and oxygen atoms in total. The number of thiol groups is 1. The van der Waals surface area contributed by atoms with Crippen LogP contribution in [0.3, 0.4) is 0 Å². The highest BCUT2D eigenvalue weighted by molar-refractivity contribution is 7.81. The summed E-state index contributed by atoms with van der Waals surface area (Å²) in [5, 5.41) is 0. The van der Waals surface area contributed by atoms with Gasteiger partial charge in [0.05, 0.1) is 0 Å². The molecule has 0 aromatic heterocycles. The molecule has 8 heteroatoms. The standard InChI is InChI=1S/C3H7NO5S2/c4-2(1-10)3(5)9-11(6,7)8/h2,10H,1,4H2,(H,6,7,8). The number of carbonyl (C=O) groups is 1. The van der Waals surface area contributed by atoms with E-state index in [0.29, 0.717) is 0 Å². The van der Waals surface area contributed by atoms with E-state index in [1.54, 1.807) is 0 Å². The van der Waals surface area contributed by atoms with E-state index in [1.807, 2.05) is 0 Å². The van der Waals surface area contributed by atoms with Gasteiger partial charge >= 0.3 is 16.4 Å². The Morgan fingerprint density at radius 1 is 1.73 bits per heavy atom. The number of nitrogens with two attached hydrogens (primary N) is 1. The summed E-state index contributed by atoms with van der Waals surface area (Å²) in [4.78, 5) is 10.5. The smallest absolute Gasteiger partial charge is 0.323 e. The second-order valence-electron chi connectivity index (χ2n) is 1.62. The molecule has 0 rings (SSSR count). The molecule has 0 heterocycles. The second kappa shape index (κ2) is 3.90. The van der Waals surface area contributed by atoms with Crippen LogP contribution in [0.1, 0.15) is 0 Å². The molecule has 0 aliphatic carbocycles. The molecule has 0 fully saturated rings. The Balaban J connectivity index is 4.10. The number of carbonyl (C=O) groups excluding carboxylic acids is 1. The third kappa shape index (κ3) is 5.01. The van der Waals surface area contributed by atoms with Gasteiger partial charge in [-0.1, -0.05) is 0 Å². The highest BCUT2D eigenvalue weighted by Crippen LogP contribution is 1.92. The maximum Gasteiger partial charge on any atom is 0.449 e. The van der Waals surface area contributed by atoms with Crippen LogP contribution in [0, 0.1) is 0 Å². The Morgan fingerprint density at radius 2 is 2.18 bits per heavy atom. The third-order valence-electron chi connectivity index (χ3n) is 0.687. The first-order valence-electron chi connectivity index (χ1n) is 2.44. The summed E-state index contributed by atoms with van der Waals surface area (Å²) in [6.45, 7) is 0. The molecule has 0 aromatic carbocycles. The van der Waals surface area contributed by atoms with Gasteiger partial charge in [-0.25, -0.2) is 4.79 Å². The van der Waals surface area contributed by atoms with Gasteiger partial charge in [0.1, 0.15) is 6.04 Å². The molecule has 66 valence electrons. The van der Waals surface area contributed by atoms with Crippen molar-refractivity contribution in [1.29, 1.82) is 0 Å². The van der Waals surface area contributed by atoms with E-state index in [4.69, 9.17) is 10.3 Å². The topological polar surface area (TPSA) is 107 Å². The normalized spacial score (nSPS) is 14.1. The molecule has 0 aromatic rings. The van der Waals surface area contributed by atoms with Crippen LogP contribution >= 0.6 is 12.6 Å². The first-order chi connectivity index (χ1) is 4.87. The zero-order valence-electron chi connectivity index (χ0n) is 5.30. The number of hydrogen-bond donors (Lipinski definition) is 3. The van der Waals surface area contributed by atoms with E-state index in [0.717, 1.165) is 0 Å². The molecule has 0 spiro atoms. The Bertz CT molecular complexity index is 234. The van der Waals surface area contributed by atoms with Gasteiger partial charge < -0.3 is 9.92 Å². The van der Waals surface area contributed by atoms with Gasteiger partial charge in [-0.2, -0.15) is 21.0 Å². The lowest BCUT2D eigenvalue weighted by Crippen LogP contribution is -2.35. The average Bonchev–Trinajstić information content (AvgIpc) is 1.82. The summed E-state index contributed by atoms with van der Waals surface area (Å²) in [6, 6.07) is -1.15. The van der Waals surface area contributed by atoms with E-state index in [1.165, 1.54) is 0 Å². The van der Waals surface area contributed by atoms with Crippen molar-refractivity contribution >= 4 is 29.0 Å². The third-order valence-corrected chi connectivity index (χ3v) is 1.46. The molecular weight excluding hydrogens is 194 g/mol. The second-order valence-corrected chi connectivity index (χ2v) is 3.01. The number of rotatable bonds is 3. The molecule has 1 atom stereocenters. The first kappa shape index (κ1) is 10.7. The quantitative estimate of drug-likeness (QED) is 0.382. The fourth-order valence-corrected chi connectivity index (χ4v) is 0.720. The Morgan fingerprint density at radius 3 is 2.45 bits per heavy atom. The van der Waals surface area contributed by atoms with Crippen LogP contribution in [0.4, 0.5) is 0 Å². The van der Waals surface area contributed by atoms with Crippen molar-refractivity contribution in [2.24, 2.45) is 5.73 Å². The van der Waals surface area contributed by atoms with Crippen LogP contribution in [-0.4, -0.2) is 30.7 Å². The van der Waals surface area contributed by atoms with Crippen molar-refractivity contribution < 1.29 is 21.9 Å². The lowest BCUT2D eigenvalue weighted by Gasteiger charge is -2.04. The van der Waals surface area contributed by atoms with Gasteiger partial charge in [-0.05, 0) is 0 Å². The highest BCUT2D eigenvalue weighted by atomic mass is 32.3. The van der Waals surface area contributed by atoms with E-state index in [9.17, 15) is 13.2 Å². The van der Waals surface area contributed by atoms with Crippen molar-refractivity contribution in [3.05, 3.63) is 0 Å². The molecule has 1 unspecified atom stereocenters. The molecule has 0 radical (unpaired) electrons.